The number of aliphatic imine (C=N–C) groups is 1. The van der Waals surface area contributed by atoms with Crippen LogP contribution in [0.5, 0.6) is 5.75 Å². The minimum Gasteiger partial charge on any atom is -0.497 e. The highest BCUT2D eigenvalue weighted by Crippen LogP contribution is 2.23. The van der Waals surface area contributed by atoms with E-state index in [1.165, 1.54) is 5.56 Å². The zero-order valence-corrected chi connectivity index (χ0v) is 23.6. The molecule has 0 saturated heterocycles. The van der Waals surface area contributed by atoms with E-state index in [0.717, 1.165) is 42.7 Å². The van der Waals surface area contributed by atoms with Gasteiger partial charge in [-0.25, -0.2) is 4.79 Å². The molecule has 0 fully saturated rings. The number of Topliss-reactive ketones (excluding diaryl/α,β-unsaturated/α-hetero) is 1. The number of amides is 1. The molecule has 1 N–H and O–H groups in total. The molecular formula is C31H44N2O4. The fraction of sp³-hybridized carbons (Fsp3) is 0.516. The molecule has 0 bridgehead atoms. The summed E-state index contributed by atoms with van der Waals surface area (Å²) in [5.74, 6) is 0.763. The highest BCUT2D eigenvalue weighted by Gasteiger charge is 2.17. The van der Waals surface area contributed by atoms with Gasteiger partial charge in [0, 0.05) is 24.4 Å². The molecule has 37 heavy (non-hydrogen) atoms. The predicted molar refractivity (Wildman–Crippen MR) is 151 cm³/mol. The van der Waals surface area contributed by atoms with Gasteiger partial charge in [0.15, 0.2) is 5.78 Å². The van der Waals surface area contributed by atoms with Gasteiger partial charge in [0.25, 0.3) is 0 Å². The number of hydrogen-bond donors (Lipinski definition) is 1. The number of alkyl carbamates (subject to hydrolysis) is 1. The average Bonchev–Trinajstić information content (AvgIpc) is 2.83. The van der Waals surface area contributed by atoms with Crippen LogP contribution >= 0.6 is 0 Å². The molecule has 6 nitrogen and oxygen atoms in total. The van der Waals surface area contributed by atoms with Crippen molar-refractivity contribution in [3.63, 3.8) is 0 Å². The lowest BCUT2D eigenvalue weighted by Crippen LogP contribution is -2.32. The zero-order valence-electron chi connectivity index (χ0n) is 23.6. The standard InChI is InChI=1S/C31H44N2O4/c1-30(2,3)25-16-12-23(13-17-25)27(22-28(34)24-14-18-26(36-7)19-15-24)32-20-10-8-9-11-21-33-29(35)37-31(4,5)6/h12-19H,8-11,20-22H2,1-7H3,(H,33,35). The molecule has 2 aromatic rings. The lowest BCUT2D eigenvalue weighted by molar-refractivity contribution is 0.0526. The van der Waals surface area contributed by atoms with Gasteiger partial charge in [-0.15, -0.1) is 0 Å². The number of unbranched alkanes of at least 4 members (excludes halogenated alkanes) is 3. The Labute approximate surface area is 222 Å². The second-order valence-corrected chi connectivity index (χ2v) is 11.3. The molecule has 0 heterocycles. The summed E-state index contributed by atoms with van der Waals surface area (Å²) in [4.78, 5) is 29.6. The fourth-order valence-corrected chi connectivity index (χ4v) is 3.75. The van der Waals surface area contributed by atoms with Gasteiger partial charge in [0.1, 0.15) is 11.4 Å². The van der Waals surface area contributed by atoms with E-state index in [1.54, 1.807) is 31.4 Å². The third-order valence-electron chi connectivity index (χ3n) is 5.88. The SMILES string of the molecule is COc1ccc(C(=O)CC(=NCCCCCCNC(=O)OC(C)(C)C)c2ccc(C(C)(C)C)cc2)cc1. The molecule has 0 unspecified atom stereocenters. The molecule has 0 aromatic heterocycles. The number of carbonyl (C=O) groups excluding carboxylic acids is 2. The second-order valence-electron chi connectivity index (χ2n) is 11.3. The summed E-state index contributed by atoms with van der Waals surface area (Å²) in [6.07, 6.45) is 3.68. The van der Waals surface area contributed by atoms with Gasteiger partial charge >= 0.3 is 6.09 Å². The van der Waals surface area contributed by atoms with Crippen molar-refractivity contribution in [2.45, 2.75) is 84.7 Å². The summed E-state index contributed by atoms with van der Waals surface area (Å²) < 4.78 is 10.5. The monoisotopic (exact) mass is 508 g/mol. The Kier molecular flexibility index (Phi) is 11.4. The van der Waals surface area contributed by atoms with Crippen LogP contribution in [0.15, 0.2) is 53.5 Å². The number of methoxy groups -OCH3 is 1. The van der Waals surface area contributed by atoms with E-state index in [4.69, 9.17) is 14.5 Å². The third kappa shape index (κ3) is 11.2. The van der Waals surface area contributed by atoms with Gasteiger partial charge in [-0.1, -0.05) is 57.9 Å². The van der Waals surface area contributed by atoms with Crippen LogP contribution in [0.3, 0.4) is 0 Å². The predicted octanol–water partition coefficient (Wildman–Crippen LogP) is 7.14. The normalized spacial score (nSPS) is 12.2. The summed E-state index contributed by atoms with van der Waals surface area (Å²) >= 11 is 0. The Hall–Kier alpha value is -3.15. The Balaban J connectivity index is 1.95. The third-order valence-corrected chi connectivity index (χ3v) is 5.88. The molecule has 0 spiro atoms. The average molecular weight is 509 g/mol. The van der Waals surface area contributed by atoms with Gasteiger partial charge in [-0.2, -0.15) is 0 Å². The minimum atomic E-state index is -0.485. The van der Waals surface area contributed by atoms with E-state index in [-0.39, 0.29) is 23.7 Å². The smallest absolute Gasteiger partial charge is 0.407 e. The largest absolute Gasteiger partial charge is 0.497 e. The fourth-order valence-electron chi connectivity index (χ4n) is 3.75. The number of carbonyl (C=O) groups is 2. The molecule has 6 heteroatoms. The summed E-state index contributed by atoms with van der Waals surface area (Å²) in [5.41, 5.74) is 3.27. The van der Waals surface area contributed by atoms with Crippen LogP contribution in [0.4, 0.5) is 4.79 Å². The lowest BCUT2D eigenvalue weighted by Gasteiger charge is -2.19. The summed E-state index contributed by atoms with van der Waals surface area (Å²) in [7, 11) is 1.61. The number of nitrogens with zero attached hydrogens (tertiary/aromatic N) is 1. The number of hydrogen-bond acceptors (Lipinski definition) is 5. The maximum absolute atomic E-state index is 13.0. The van der Waals surface area contributed by atoms with Crippen LogP contribution in [0, 0.1) is 0 Å². The first kappa shape index (κ1) is 30.1. The minimum absolute atomic E-state index is 0.0366. The van der Waals surface area contributed by atoms with Gasteiger partial charge in [0.05, 0.1) is 13.5 Å². The van der Waals surface area contributed by atoms with E-state index in [9.17, 15) is 9.59 Å². The molecule has 202 valence electrons. The van der Waals surface area contributed by atoms with E-state index in [1.807, 2.05) is 20.8 Å². The van der Waals surface area contributed by atoms with Crippen LogP contribution in [0.2, 0.25) is 0 Å². The summed E-state index contributed by atoms with van der Waals surface area (Å²) in [6, 6.07) is 15.6. The van der Waals surface area contributed by atoms with E-state index < -0.39 is 5.60 Å². The zero-order chi connectivity index (χ0) is 27.5. The van der Waals surface area contributed by atoms with Crippen molar-refractivity contribution in [3.05, 3.63) is 65.2 Å². The van der Waals surface area contributed by atoms with Crippen molar-refractivity contribution in [1.29, 1.82) is 0 Å². The van der Waals surface area contributed by atoms with Crippen molar-refractivity contribution in [2.75, 3.05) is 20.2 Å². The Bertz CT molecular complexity index is 1030. The Morgan fingerprint density at radius 1 is 0.811 bits per heavy atom. The van der Waals surface area contributed by atoms with E-state index in [2.05, 4.69) is 50.4 Å². The van der Waals surface area contributed by atoms with E-state index >= 15 is 0 Å². The molecule has 0 aliphatic rings. The van der Waals surface area contributed by atoms with Crippen LogP contribution < -0.4 is 10.1 Å². The maximum atomic E-state index is 13.0. The molecule has 2 aromatic carbocycles. The molecule has 0 saturated carbocycles. The van der Waals surface area contributed by atoms with Gasteiger partial charge in [0.2, 0.25) is 0 Å². The molecular weight excluding hydrogens is 464 g/mol. The van der Waals surface area contributed by atoms with Crippen molar-refractivity contribution in [3.8, 4) is 5.75 Å². The van der Waals surface area contributed by atoms with Crippen LogP contribution in [-0.2, 0) is 10.2 Å². The Morgan fingerprint density at radius 3 is 1.97 bits per heavy atom. The molecule has 2 rings (SSSR count). The number of rotatable bonds is 12. The number of benzene rings is 2. The second kappa shape index (κ2) is 14.0. The maximum Gasteiger partial charge on any atom is 0.407 e. The molecule has 0 aliphatic heterocycles. The van der Waals surface area contributed by atoms with Gasteiger partial charge in [-0.05, 0) is 74.4 Å². The van der Waals surface area contributed by atoms with E-state index in [0.29, 0.717) is 18.7 Å². The van der Waals surface area contributed by atoms with Crippen LogP contribution in [0.25, 0.3) is 0 Å². The van der Waals surface area contributed by atoms with Crippen molar-refractivity contribution in [1.82, 2.24) is 5.32 Å². The van der Waals surface area contributed by atoms with Crippen molar-refractivity contribution >= 4 is 17.6 Å². The molecule has 1 amide bonds. The Morgan fingerprint density at radius 2 is 1.41 bits per heavy atom. The number of nitrogens with one attached hydrogen (secondary N) is 1. The van der Waals surface area contributed by atoms with Gasteiger partial charge < -0.3 is 14.8 Å². The van der Waals surface area contributed by atoms with Crippen molar-refractivity contribution in [2.24, 2.45) is 4.99 Å². The summed E-state index contributed by atoms with van der Waals surface area (Å²) in [6.45, 7) is 13.4. The number of ketones is 1. The molecule has 0 radical (unpaired) electrons. The molecule has 0 aliphatic carbocycles. The molecule has 0 atom stereocenters. The quantitative estimate of drug-likeness (QED) is 0.188. The van der Waals surface area contributed by atoms with Crippen LogP contribution in [0.1, 0.15) is 95.1 Å². The topological polar surface area (TPSA) is 77.0 Å². The highest BCUT2D eigenvalue weighted by molar-refractivity contribution is 6.15. The van der Waals surface area contributed by atoms with Crippen molar-refractivity contribution < 1.29 is 19.1 Å². The first-order valence-electron chi connectivity index (χ1n) is 13.2. The lowest BCUT2D eigenvalue weighted by atomic mass is 9.86. The van der Waals surface area contributed by atoms with Crippen LogP contribution in [-0.4, -0.2) is 43.4 Å². The first-order valence-corrected chi connectivity index (χ1v) is 13.2. The first-order chi connectivity index (χ1) is 17.4. The number of ether oxygens (including phenoxy) is 2. The summed E-state index contributed by atoms with van der Waals surface area (Å²) in [5, 5.41) is 2.80. The highest BCUT2D eigenvalue weighted by atomic mass is 16.6. The van der Waals surface area contributed by atoms with Gasteiger partial charge in [-0.3, -0.25) is 9.79 Å².